The van der Waals surface area contributed by atoms with Gasteiger partial charge < -0.3 is 16.2 Å². The van der Waals surface area contributed by atoms with Crippen molar-refractivity contribution in [1.82, 2.24) is 9.97 Å². The summed E-state index contributed by atoms with van der Waals surface area (Å²) in [5, 5.41) is 13.3. The number of aromatic nitrogens is 2. The van der Waals surface area contributed by atoms with E-state index in [-0.39, 0.29) is 5.91 Å². The number of anilines is 2. The smallest absolute Gasteiger partial charge is 0.222 e. The normalized spacial score (nSPS) is 11.3. The van der Waals surface area contributed by atoms with Crippen molar-refractivity contribution in [2.75, 3.05) is 11.1 Å². The van der Waals surface area contributed by atoms with Crippen LogP contribution in [0.15, 0.2) is 48.7 Å². The molecule has 0 fully saturated rings. The number of aliphatic hydroxyl groups is 1. The van der Waals surface area contributed by atoms with E-state index in [4.69, 9.17) is 5.73 Å². The molecule has 0 aliphatic rings. The zero-order chi connectivity index (χ0) is 20.5. The van der Waals surface area contributed by atoms with Crippen LogP contribution in [-0.4, -0.2) is 21.0 Å². The summed E-state index contributed by atoms with van der Waals surface area (Å²) >= 11 is 0. The Hall–Kier alpha value is -3.25. The number of nitrogen functional groups attached to an aromatic ring is 1. The van der Waals surface area contributed by atoms with Crippen LogP contribution in [0.2, 0.25) is 0 Å². The molecular weight excluding hydrogens is 352 g/mol. The molecule has 6 nitrogen and oxygen atoms in total. The average molecular weight is 376 g/mol. The summed E-state index contributed by atoms with van der Waals surface area (Å²) < 4.78 is 0. The van der Waals surface area contributed by atoms with E-state index in [0.717, 1.165) is 22.3 Å². The summed E-state index contributed by atoms with van der Waals surface area (Å²) in [7, 11) is 0. The maximum absolute atomic E-state index is 11.3. The molecule has 6 heteroatoms. The van der Waals surface area contributed by atoms with Crippen LogP contribution in [0.3, 0.4) is 0 Å². The first-order chi connectivity index (χ1) is 13.1. The number of nitrogens with zero attached hydrogens (tertiary/aromatic N) is 2. The van der Waals surface area contributed by atoms with Crippen molar-refractivity contribution < 1.29 is 9.90 Å². The molecule has 144 valence electrons. The van der Waals surface area contributed by atoms with Gasteiger partial charge in [-0.2, -0.15) is 0 Å². The summed E-state index contributed by atoms with van der Waals surface area (Å²) in [6.07, 6.45) is 1.62. The van der Waals surface area contributed by atoms with Gasteiger partial charge in [0.2, 0.25) is 5.91 Å². The first-order valence-corrected chi connectivity index (χ1v) is 8.99. The third-order valence-corrected chi connectivity index (χ3v) is 4.38. The molecule has 0 spiro atoms. The lowest BCUT2D eigenvalue weighted by molar-refractivity contribution is -0.114. The number of nitrogens with one attached hydrogen (secondary N) is 1. The number of carbonyl (C=O) groups excluding carboxylic acids is 1. The van der Waals surface area contributed by atoms with Gasteiger partial charge in [-0.1, -0.05) is 6.07 Å². The van der Waals surface area contributed by atoms with Gasteiger partial charge in [-0.05, 0) is 73.9 Å². The van der Waals surface area contributed by atoms with E-state index in [9.17, 15) is 9.90 Å². The molecule has 0 bridgehead atoms. The Morgan fingerprint density at radius 2 is 1.86 bits per heavy atom. The molecule has 0 radical (unpaired) electrons. The van der Waals surface area contributed by atoms with E-state index >= 15 is 0 Å². The fraction of sp³-hybridized carbons (Fsp3) is 0.227. The predicted molar refractivity (Wildman–Crippen MR) is 112 cm³/mol. The highest BCUT2D eigenvalue weighted by molar-refractivity contribution is 5.88. The van der Waals surface area contributed by atoms with Crippen LogP contribution in [0, 0.1) is 6.92 Å². The summed E-state index contributed by atoms with van der Waals surface area (Å²) in [5.41, 5.74) is 10.5. The quantitative estimate of drug-likeness (QED) is 0.600. The average Bonchev–Trinajstić information content (AvgIpc) is 2.62. The first kappa shape index (κ1) is 19.5. The van der Waals surface area contributed by atoms with Crippen LogP contribution in [0.4, 0.5) is 11.5 Å². The van der Waals surface area contributed by atoms with Crippen molar-refractivity contribution in [1.29, 1.82) is 0 Å². The molecule has 3 aromatic rings. The first-order valence-electron chi connectivity index (χ1n) is 8.99. The topological polar surface area (TPSA) is 101 Å². The van der Waals surface area contributed by atoms with Crippen molar-refractivity contribution in [2.45, 2.75) is 33.3 Å². The molecule has 0 unspecified atom stereocenters. The fourth-order valence-electron chi connectivity index (χ4n) is 2.94. The zero-order valence-corrected chi connectivity index (χ0v) is 16.4. The van der Waals surface area contributed by atoms with Crippen LogP contribution in [0.1, 0.15) is 32.0 Å². The number of pyridine rings is 2. The lowest BCUT2D eigenvalue weighted by Gasteiger charge is -2.20. The van der Waals surface area contributed by atoms with Gasteiger partial charge in [0.1, 0.15) is 11.4 Å². The summed E-state index contributed by atoms with van der Waals surface area (Å²) in [6, 6.07) is 13.1. The lowest BCUT2D eigenvalue weighted by atomic mass is 9.94. The number of carbonyl (C=O) groups is 1. The van der Waals surface area contributed by atoms with Crippen molar-refractivity contribution in [3.05, 3.63) is 59.9 Å². The number of hydrogen-bond acceptors (Lipinski definition) is 5. The molecule has 3 rings (SSSR count). The minimum atomic E-state index is -1.12. The number of hydrogen-bond donors (Lipinski definition) is 3. The van der Waals surface area contributed by atoms with Crippen LogP contribution in [0.25, 0.3) is 22.4 Å². The minimum absolute atomic E-state index is 0.195. The van der Waals surface area contributed by atoms with Gasteiger partial charge in [0.15, 0.2) is 0 Å². The van der Waals surface area contributed by atoms with Gasteiger partial charge in [-0.15, -0.1) is 0 Å². The molecule has 0 saturated carbocycles. The Morgan fingerprint density at radius 3 is 2.54 bits per heavy atom. The van der Waals surface area contributed by atoms with E-state index in [1.807, 2.05) is 43.3 Å². The highest BCUT2D eigenvalue weighted by atomic mass is 16.3. The summed E-state index contributed by atoms with van der Waals surface area (Å²) in [6.45, 7) is 6.84. The Kier molecular flexibility index (Phi) is 5.16. The van der Waals surface area contributed by atoms with Gasteiger partial charge in [0.25, 0.3) is 0 Å². The van der Waals surface area contributed by atoms with Gasteiger partial charge in [-0.25, -0.2) is 9.97 Å². The minimum Gasteiger partial charge on any atom is -0.399 e. The molecule has 0 aliphatic heterocycles. The lowest BCUT2D eigenvalue weighted by Crippen LogP contribution is -2.18. The molecule has 28 heavy (non-hydrogen) atoms. The SMILES string of the molecule is CC(=O)Nc1cc(-c2cc(-c3cc(N)ccc3C)cc(C(C)(C)O)n2)ccn1. The third kappa shape index (κ3) is 4.35. The molecule has 1 aromatic carbocycles. The summed E-state index contributed by atoms with van der Waals surface area (Å²) in [5.74, 6) is 0.251. The van der Waals surface area contributed by atoms with Crippen molar-refractivity contribution in [2.24, 2.45) is 0 Å². The standard InChI is InChI=1S/C22H24N4O2/c1-13-5-6-17(23)12-18(13)16-9-19(26-20(10-16)22(3,4)28)15-7-8-24-21(11-15)25-14(2)27/h5-12,28H,23H2,1-4H3,(H,24,25,27). The van der Waals surface area contributed by atoms with E-state index in [1.165, 1.54) is 6.92 Å². The van der Waals surface area contributed by atoms with E-state index < -0.39 is 5.60 Å². The van der Waals surface area contributed by atoms with Crippen molar-refractivity contribution >= 4 is 17.4 Å². The fourth-order valence-corrected chi connectivity index (χ4v) is 2.94. The Bertz CT molecular complexity index is 1040. The predicted octanol–water partition coefficient (Wildman–Crippen LogP) is 3.89. The highest BCUT2D eigenvalue weighted by Crippen LogP contribution is 2.32. The van der Waals surface area contributed by atoms with Crippen LogP contribution < -0.4 is 11.1 Å². The third-order valence-electron chi connectivity index (χ3n) is 4.38. The number of rotatable bonds is 4. The molecule has 0 atom stereocenters. The maximum Gasteiger partial charge on any atom is 0.222 e. The second-order valence-electron chi connectivity index (χ2n) is 7.37. The number of nitrogens with two attached hydrogens (primary N) is 1. The number of aryl methyl sites for hydroxylation is 1. The van der Waals surface area contributed by atoms with Crippen LogP contribution in [-0.2, 0) is 10.4 Å². The monoisotopic (exact) mass is 376 g/mol. The summed E-state index contributed by atoms with van der Waals surface area (Å²) in [4.78, 5) is 20.2. The van der Waals surface area contributed by atoms with Crippen LogP contribution >= 0.6 is 0 Å². The zero-order valence-electron chi connectivity index (χ0n) is 16.4. The van der Waals surface area contributed by atoms with Crippen LogP contribution in [0.5, 0.6) is 0 Å². The second kappa shape index (κ2) is 7.40. The molecule has 2 aromatic heterocycles. The van der Waals surface area contributed by atoms with Gasteiger partial charge in [0, 0.05) is 24.4 Å². The Morgan fingerprint density at radius 1 is 1.11 bits per heavy atom. The van der Waals surface area contributed by atoms with Gasteiger partial charge in [0.05, 0.1) is 11.4 Å². The number of amides is 1. The molecule has 0 saturated heterocycles. The molecule has 1 amide bonds. The molecular formula is C22H24N4O2. The molecule has 0 aliphatic carbocycles. The number of benzene rings is 1. The largest absolute Gasteiger partial charge is 0.399 e. The van der Waals surface area contributed by atoms with E-state index in [0.29, 0.717) is 22.9 Å². The highest BCUT2D eigenvalue weighted by Gasteiger charge is 2.21. The van der Waals surface area contributed by atoms with Gasteiger partial charge >= 0.3 is 0 Å². The van der Waals surface area contributed by atoms with Gasteiger partial charge in [-0.3, -0.25) is 4.79 Å². The van der Waals surface area contributed by atoms with Crippen molar-refractivity contribution in [3.63, 3.8) is 0 Å². The maximum atomic E-state index is 11.3. The molecule has 2 heterocycles. The van der Waals surface area contributed by atoms with E-state index in [1.54, 1.807) is 26.1 Å². The Balaban J connectivity index is 2.19. The molecule has 4 N–H and O–H groups in total. The Labute approximate surface area is 164 Å². The van der Waals surface area contributed by atoms with E-state index in [2.05, 4.69) is 15.3 Å². The second-order valence-corrected chi connectivity index (χ2v) is 7.37. The van der Waals surface area contributed by atoms with Crippen molar-refractivity contribution in [3.8, 4) is 22.4 Å².